The highest BCUT2D eigenvalue weighted by Gasteiger charge is 2.04. The Kier molecular flexibility index (Phi) is 8.14. The molecule has 0 spiro atoms. The number of hydrogen-bond donors (Lipinski definition) is 0. The molecular weight excluding hydrogens is 422 g/mol. The quantitative estimate of drug-likeness (QED) is 0.328. The van der Waals surface area contributed by atoms with Crippen molar-refractivity contribution >= 4 is 10.1 Å². The SMILES string of the molecule is Cc1ccc(S(=O)(=O)[O-])cc1.c1ccc(CCO[n+]2ccc(-c3ccccc3)cc2)cc1. The van der Waals surface area contributed by atoms with Gasteiger partial charge in [-0.2, -0.15) is 0 Å². The second-order valence-electron chi connectivity index (χ2n) is 7.15. The Labute approximate surface area is 189 Å². The van der Waals surface area contributed by atoms with Crippen molar-refractivity contribution in [3.63, 3.8) is 0 Å². The van der Waals surface area contributed by atoms with Crippen molar-refractivity contribution in [2.24, 2.45) is 0 Å². The molecule has 4 aromatic rings. The van der Waals surface area contributed by atoms with Gasteiger partial charge in [0.15, 0.2) is 6.61 Å². The highest BCUT2D eigenvalue weighted by molar-refractivity contribution is 7.85. The zero-order valence-corrected chi connectivity index (χ0v) is 18.6. The lowest BCUT2D eigenvalue weighted by Gasteiger charge is -2.05. The maximum absolute atomic E-state index is 10.4. The Hall–Kier alpha value is -3.48. The van der Waals surface area contributed by atoms with E-state index in [0.29, 0.717) is 6.61 Å². The van der Waals surface area contributed by atoms with Gasteiger partial charge in [0.2, 0.25) is 12.4 Å². The summed E-state index contributed by atoms with van der Waals surface area (Å²) in [5.74, 6) is 0. The molecule has 6 heteroatoms. The number of aromatic nitrogens is 1. The van der Waals surface area contributed by atoms with Gasteiger partial charge in [0.05, 0.1) is 4.90 Å². The predicted molar refractivity (Wildman–Crippen MR) is 123 cm³/mol. The zero-order chi connectivity index (χ0) is 22.8. The molecule has 0 aliphatic rings. The van der Waals surface area contributed by atoms with Crippen LogP contribution in [0.15, 0.2) is 114 Å². The van der Waals surface area contributed by atoms with Crippen LogP contribution in [0.2, 0.25) is 0 Å². The minimum Gasteiger partial charge on any atom is -0.744 e. The van der Waals surface area contributed by atoms with Gasteiger partial charge in [0, 0.05) is 23.3 Å². The van der Waals surface area contributed by atoms with E-state index in [0.717, 1.165) is 12.0 Å². The summed E-state index contributed by atoms with van der Waals surface area (Å²) in [5.41, 5.74) is 4.63. The Morgan fingerprint density at radius 1 is 0.750 bits per heavy atom. The number of aryl methyl sites for hydroxylation is 1. The van der Waals surface area contributed by atoms with E-state index in [9.17, 15) is 13.0 Å². The second-order valence-corrected chi connectivity index (χ2v) is 8.53. The van der Waals surface area contributed by atoms with Gasteiger partial charge in [-0.3, -0.25) is 4.84 Å². The molecule has 0 amide bonds. The maximum Gasteiger partial charge on any atom is 0.223 e. The Balaban J connectivity index is 0.000000222. The van der Waals surface area contributed by atoms with Gasteiger partial charge in [-0.1, -0.05) is 78.4 Å². The first-order chi connectivity index (χ1) is 15.4. The number of hydrogen-bond acceptors (Lipinski definition) is 4. The first-order valence-corrected chi connectivity index (χ1v) is 11.6. The maximum atomic E-state index is 10.4. The summed E-state index contributed by atoms with van der Waals surface area (Å²) < 4.78 is 32.9. The lowest BCUT2D eigenvalue weighted by Crippen LogP contribution is -2.42. The molecule has 0 saturated heterocycles. The molecule has 0 saturated carbocycles. The van der Waals surface area contributed by atoms with Crippen LogP contribution < -0.4 is 9.57 Å². The van der Waals surface area contributed by atoms with Crippen molar-refractivity contribution in [2.45, 2.75) is 18.2 Å². The molecule has 0 fully saturated rings. The molecule has 0 unspecified atom stereocenters. The number of benzene rings is 3. The minimum absolute atomic E-state index is 0.178. The van der Waals surface area contributed by atoms with E-state index in [4.69, 9.17) is 4.84 Å². The molecule has 0 aliphatic heterocycles. The lowest BCUT2D eigenvalue weighted by atomic mass is 10.1. The lowest BCUT2D eigenvalue weighted by molar-refractivity contribution is -0.891. The average Bonchev–Trinajstić information content (AvgIpc) is 2.81. The Morgan fingerprint density at radius 2 is 1.28 bits per heavy atom. The van der Waals surface area contributed by atoms with E-state index >= 15 is 0 Å². The molecule has 1 aromatic heterocycles. The fourth-order valence-electron chi connectivity index (χ4n) is 2.94. The van der Waals surface area contributed by atoms with Crippen LogP contribution in [0.3, 0.4) is 0 Å². The van der Waals surface area contributed by atoms with Crippen molar-refractivity contribution < 1.29 is 22.5 Å². The van der Waals surface area contributed by atoms with Crippen LogP contribution >= 0.6 is 0 Å². The van der Waals surface area contributed by atoms with E-state index in [1.807, 2.05) is 43.6 Å². The van der Waals surface area contributed by atoms with E-state index in [2.05, 4.69) is 48.5 Å². The van der Waals surface area contributed by atoms with Crippen LogP contribution in [0.4, 0.5) is 0 Å². The normalized spacial score (nSPS) is 10.7. The summed E-state index contributed by atoms with van der Waals surface area (Å²) in [6.07, 6.45) is 4.81. The van der Waals surface area contributed by atoms with Crippen LogP contribution in [0.5, 0.6) is 0 Å². The molecule has 4 rings (SSSR count). The summed E-state index contributed by atoms with van der Waals surface area (Å²) in [7, 11) is -4.27. The summed E-state index contributed by atoms with van der Waals surface area (Å²) in [6.45, 7) is 2.49. The zero-order valence-electron chi connectivity index (χ0n) is 17.8. The first-order valence-electron chi connectivity index (χ1n) is 10.2. The van der Waals surface area contributed by atoms with Crippen molar-refractivity contribution in [1.29, 1.82) is 0 Å². The number of pyridine rings is 1. The molecule has 0 radical (unpaired) electrons. The van der Waals surface area contributed by atoms with Gasteiger partial charge in [-0.25, -0.2) is 8.42 Å². The van der Waals surface area contributed by atoms with Crippen LogP contribution in [0, 0.1) is 6.92 Å². The first kappa shape index (κ1) is 23.2. The van der Waals surface area contributed by atoms with Crippen LogP contribution in [-0.4, -0.2) is 19.6 Å². The third kappa shape index (κ3) is 7.34. The molecule has 5 nitrogen and oxygen atoms in total. The summed E-state index contributed by atoms with van der Waals surface area (Å²) in [4.78, 5) is 5.54. The number of rotatable bonds is 6. The molecule has 3 aromatic carbocycles. The van der Waals surface area contributed by atoms with Crippen molar-refractivity contribution in [3.05, 3.63) is 121 Å². The third-order valence-corrected chi connectivity index (χ3v) is 5.54. The Morgan fingerprint density at radius 3 is 1.84 bits per heavy atom. The van der Waals surface area contributed by atoms with E-state index in [1.54, 1.807) is 16.9 Å². The fraction of sp³-hybridized carbons (Fsp3) is 0.115. The Bertz CT molecular complexity index is 1190. The molecule has 0 N–H and O–H groups in total. The topological polar surface area (TPSA) is 70.3 Å². The van der Waals surface area contributed by atoms with Gasteiger partial charge in [0.25, 0.3) is 0 Å². The minimum atomic E-state index is -4.27. The van der Waals surface area contributed by atoms with Crippen LogP contribution in [0.1, 0.15) is 11.1 Å². The van der Waals surface area contributed by atoms with E-state index < -0.39 is 10.1 Å². The highest BCUT2D eigenvalue weighted by atomic mass is 32.2. The molecule has 0 atom stereocenters. The van der Waals surface area contributed by atoms with Gasteiger partial charge in [0.1, 0.15) is 10.1 Å². The average molecular weight is 448 g/mol. The van der Waals surface area contributed by atoms with Gasteiger partial charge >= 0.3 is 0 Å². The molecule has 1 heterocycles. The number of nitrogens with zero attached hydrogens (tertiary/aromatic N) is 1. The van der Waals surface area contributed by atoms with E-state index in [-0.39, 0.29) is 4.90 Å². The van der Waals surface area contributed by atoms with Gasteiger partial charge < -0.3 is 4.55 Å². The van der Waals surface area contributed by atoms with Crippen molar-refractivity contribution in [1.82, 2.24) is 0 Å². The molecule has 0 bridgehead atoms. The molecule has 0 aliphatic carbocycles. The predicted octanol–water partition coefficient (Wildman–Crippen LogP) is 4.21. The van der Waals surface area contributed by atoms with Gasteiger partial charge in [-0.15, -0.1) is 0 Å². The van der Waals surface area contributed by atoms with Crippen LogP contribution in [-0.2, 0) is 16.5 Å². The summed E-state index contributed by atoms with van der Waals surface area (Å²) >= 11 is 0. The van der Waals surface area contributed by atoms with E-state index in [1.165, 1.54) is 28.8 Å². The van der Waals surface area contributed by atoms with Gasteiger partial charge in [-0.05, 0) is 35.7 Å². The highest BCUT2D eigenvalue weighted by Crippen LogP contribution is 2.16. The second kappa shape index (κ2) is 11.2. The standard InChI is InChI=1S/C19H18NO.C7H8O3S/c1-3-7-17(8-4-1)13-16-21-20-14-11-19(12-15-20)18-9-5-2-6-10-18;1-6-2-4-7(5-3-6)11(8,9)10/h1-12,14-15H,13,16H2;2-5H,1H3,(H,8,9,10)/q+1;/p-1. The molecule has 32 heavy (non-hydrogen) atoms. The fourth-order valence-corrected chi connectivity index (χ4v) is 3.41. The third-order valence-electron chi connectivity index (χ3n) is 4.69. The van der Waals surface area contributed by atoms with Crippen molar-refractivity contribution in [3.8, 4) is 11.1 Å². The largest absolute Gasteiger partial charge is 0.744 e. The smallest absolute Gasteiger partial charge is 0.223 e. The summed E-state index contributed by atoms with van der Waals surface area (Å²) in [6, 6.07) is 30.6. The monoisotopic (exact) mass is 447 g/mol. The van der Waals surface area contributed by atoms with Crippen molar-refractivity contribution in [2.75, 3.05) is 6.61 Å². The molecular formula is C26H25NO4S. The van der Waals surface area contributed by atoms with Crippen LogP contribution in [0.25, 0.3) is 11.1 Å². The molecule has 164 valence electrons. The summed E-state index contributed by atoms with van der Waals surface area (Å²) in [5, 5.41) is 0.